The summed E-state index contributed by atoms with van der Waals surface area (Å²) in [6.45, 7) is 6.17. The molecule has 4 rings (SSSR count). The van der Waals surface area contributed by atoms with Crippen LogP contribution in [0.1, 0.15) is 57.8 Å². The highest BCUT2D eigenvalue weighted by atomic mass is 16.5. The molecule has 25 heavy (non-hydrogen) atoms. The van der Waals surface area contributed by atoms with Gasteiger partial charge >= 0.3 is 0 Å². The van der Waals surface area contributed by atoms with E-state index in [1.54, 1.807) is 0 Å². The molecule has 0 aromatic rings. The number of ether oxygens (including phenoxy) is 1. The Kier molecular flexibility index (Phi) is 5.94. The lowest BCUT2D eigenvalue weighted by Crippen LogP contribution is -2.49. The highest BCUT2D eigenvalue weighted by molar-refractivity contribution is 5.82. The number of carbonyl (C=O) groups excluding carboxylic acids is 1. The van der Waals surface area contributed by atoms with Crippen LogP contribution in [-0.4, -0.2) is 73.2 Å². The molecule has 3 saturated heterocycles. The number of hydrogen-bond acceptors (Lipinski definition) is 4. The van der Waals surface area contributed by atoms with Crippen LogP contribution in [0.25, 0.3) is 0 Å². The van der Waals surface area contributed by atoms with Crippen molar-refractivity contribution in [3.63, 3.8) is 0 Å². The average molecular weight is 350 g/mol. The van der Waals surface area contributed by atoms with Gasteiger partial charge in [-0.2, -0.15) is 0 Å². The Labute approximate surface area is 152 Å². The van der Waals surface area contributed by atoms with Crippen molar-refractivity contribution in [2.45, 2.75) is 76.0 Å². The van der Waals surface area contributed by atoms with Crippen LogP contribution in [0.2, 0.25) is 0 Å². The summed E-state index contributed by atoms with van der Waals surface area (Å²) in [5.74, 6) is 1.10. The lowest BCUT2D eigenvalue weighted by Gasteiger charge is -2.34. The van der Waals surface area contributed by atoms with Crippen LogP contribution in [0.15, 0.2) is 0 Å². The molecule has 0 aromatic carbocycles. The van der Waals surface area contributed by atoms with Crippen LogP contribution in [0.3, 0.4) is 0 Å². The molecule has 5 heteroatoms. The average Bonchev–Trinajstić information content (AvgIpc) is 3.31. The Morgan fingerprint density at radius 1 is 0.960 bits per heavy atom. The molecule has 0 bridgehead atoms. The van der Waals surface area contributed by atoms with Crippen LogP contribution in [-0.2, 0) is 9.53 Å². The molecule has 0 spiro atoms. The summed E-state index contributed by atoms with van der Waals surface area (Å²) >= 11 is 0. The fourth-order valence-electron chi connectivity index (χ4n) is 5.33. The Morgan fingerprint density at radius 3 is 2.48 bits per heavy atom. The van der Waals surface area contributed by atoms with Gasteiger partial charge in [-0.05, 0) is 64.0 Å². The van der Waals surface area contributed by atoms with Gasteiger partial charge in [-0.3, -0.25) is 4.79 Å². The quantitative estimate of drug-likeness (QED) is 0.825. The number of likely N-dealkylation sites (tertiary alicyclic amines) is 2. The van der Waals surface area contributed by atoms with Crippen molar-refractivity contribution in [2.24, 2.45) is 5.92 Å². The van der Waals surface area contributed by atoms with Crippen molar-refractivity contribution < 1.29 is 9.53 Å². The minimum atomic E-state index is 0.0840. The molecule has 1 N–H and O–H groups in total. The fourth-order valence-corrected chi connectivity index (χ4v) is 5.33. The summed E-state index contributed by atoms with van der Waals surface area (Å²) in [5, 5.41) is 3.64. The number of carbonyl (C=O) groups is 1. The second kappa shape index (κ2) is 8.36. The summed E-state index contributed by atoms with van der Waals surface area (Å²) in [6.07, 6.45) is 11.4. The number of fused-ring (bicyclic) bond motifs is 1. The predicted octanol–water partition coefficient (Wildman–Crippen LogP) is 2.01. The van der Waals surface area contributed by atoms with Crippen LogP contribution >= 0.6 is 0 Å². The van der Waals surface area contributed by atoms with Crippen molar-refractivity contribution in [2.75, 3.05) is 39.3 Å². The van der Waals surface area contributed by atoms with Gasteiger partial charge in [-0.15, -0.1) is 0 Å². The van der Waals surface area contributed by atoms with E-state index in [9.17, 15) is 4.79 Å². The highest BCUT2D eigenvalue weighted by Crippen LogP contribution is 2.34. The zero-order valence-corrected chi connectivity index (χ0v) is 15.6. The van der Waals surface area contributed by atoms with E-state index in [2.05, 4.69) is 15.1 Å². The first-order chi connectivity index (χ1) is 12.3. The van der Waals surface area contributed by atoms with Gasteiger partial charge in [0.2, 0.25) is 5.91 Å². The summed E-state index contributed by atoms with van der Waals surface area (Å²) < 4.78 is 6.08. The first kappa shape index (κ1) is 17.7. The topological polar surface area (TPSA) is 44.8 Å². The Balaban J connectivity index is 1.16. The van der Waals surface area contributed by atoms with Crippen molar-refractivity contribution in [3.05, 3.63) is 0 Å². The van der Waals surface area contributed by atoms with E-state index in [4.69, 9.17) is 4.74 Å². The number of rotatable bonds is 5. The fraction of sp³-hybridized carbons (Fsp3) is 0.950. The zero-order chi connectivity index (χ0) is 17.1. The first-order valence-electron chi connectivity index (χ1n) is 10.7. The van der Waals surface area contributed by atoms with E-state index in [0.717, 1.165) is 51.4 Å². The monoisotopic (exact) mass is 349 g/mol. The van der Waals surface area contributed by atoms with Crippen LogP contribution in [0.5, 0.6) is 0 Å². The molecule has 3 atom stereocenters. The van der Waals surface area contributed by atoms with Gasteiger partial charge in [0.15, 0.2) is 0 Å². The molecule has 4 aliphatic rings. The molecule has 4 fully saturated rings. The minimum absolute atomic E-state index is 0.0840. The molecule has 0 aromatic heterocycles. The third-order valence-electron chi connectivity index (χ3n) is 6.87. The maximum absolute atomic E-state index is 12.9. The van der Waals surface area contributed by atoms with Gasteiger partial charge < -0.3 is 19.9 Å². The normalized spacial score (nSPS) is 34.4. The smallest absolute Gasteiger partial charge is 0.239 e. The van der Waals surface area contributed by atoms with Crippen molar-refractivity contribution >= 4 is 5.91 Å². The lowest BCUT2D eigenvalue weighted by molar-refractivity contribution is -0.135. The van der Waals surface area contributed by atoms with Crippen molar-refractivity contribution in [3.8, 4) is 0 Å². The summed E-state index contributed by atoms with van der Waals surface area (Å²) in [5.41, 5.74) is 0. The third-order valence-corrected chi connectivity index (χ3v) is 6.87. The maximum atomic E-state index is 12.9. The molecule has 1 amide bonds. The van der Waals surface area contributed by atoms with Crippen LogP contribution in [0.4, 0.5) is 0 Å². The number of hydrogen-bond donors (Lipinski definition) is 1. The van der Waals surface area contributed by atoms with Crippen LogP contribution < -0.4 is 5.32 Å². The Bertz CT molecular complexity index is 430. The third kappa shape index (κ3) is 4.37. The summed E-state index contributed by atoms with van der Waals surface area (Å²) in [6, 6.07) is 0.690. The molecule has 3 heterocycles. The van der Waals surface area contributed by atoms with Crippen molar-refractivity contribution in [1.82, 2.24) is 15.1 Å². The Morgan fingerprint density at radius 2 is 1.72 bits per heavy atom. The standard InChI is InChI=1S/C20H35N3O2/c24-20(19-15-16-5-1-2-6-18(16)21-19)23-11-7-17(8-12-23)25-14-13-22-9-3-4-10-22/h16-19,21H,1-15H2. The number of piperidine rings is 1. The van der Waals surface area contributed by atoms with E-state index in [1.165, 1.54) is 51.6 Å². The summed E-state index contributed by atoms with van der Waals surface area (Å²) in [4.78, 5) is 17.5. The molecule has 1 saturated carbocycles. The molecule has 142 valence electrons. The lowest BCUT2D eigenvalue weighted by atomic mass is 9.85. The number of nitrogens with one attached hydrogen (secondary N) is 1. The van der Waals surface area contributed by atoms with Gasteiger partial charge in [0.05, 0.1) is 18.8 Å². The highest BCUT2D eigenvalue weighted by Gasteiger charge is 2.40. The van der Waals surface area contributed by atoms with Gasteiger partial charge in [-0.1, -0.05) is 12.8 Å². The second-order valence-electron chi connectivity index (χ2n) is 8.55. The van der Waals surface area contributed by atoms with Gasteiger partial charge in [-0.25, -0.2) is 0 Å². The molecule has 1 aliphatic carbocycles. The second-order valence-corrected chi connectivity index (χ2v) is 8.55. The first-order valence-corrected chi connectivity index (χ1v) is 10.7. The molecule has 0 radical (unpaired) electrons. The number of amides is 1. The minimum Gasteiger partial charge on any atom is -0.377 e. The Hall–Kier alpha value is -0.650. The summed E-state index contributed by atoms with van der Waals surface area (Å²) in [7, 11) is 0. The van der Waals surface area contributed by atoms with Gasteiger partial charge in [0.25, 0.3) is 0 Å². The van der Waals surface area contributed by atoms with E-state index >= 15 is 0 Å². The largest absolute Gasteiger partial charge is 0.377 e. The predicted molar refractivity (Wildman–Crippen MR) is 98.5 cm³/mol. The van der Waals surface area contributed by atoms with Crippen molar-refractivity contribution in [1.29, 1.82) is 0 Å². The van der Waals surface area contributed by atoms with E-state index < -0.39 is 0 Å². The molecule has 5 nitrogen and oxygen atoms in total. The molecular formula is C20H35N3O2. The molecule has 3 unspecified atom stereocenters. The van der Waals surface area contributed by atoms with E-state index in [0.29, 0.717) is 18.1 Å². The van der Waals surface area contributed by atoms with Gasteiger partial charge in [0.1, 0.15) is 0 Å². The molecule has 3 aliphatic heterocycles. The molecular weight excluding hydrogens is 314 g/mol. The maximum Gasteiger partial charge on any atom is 0.239 e. The van der Waals surface area contributed by atoms with Gasteiger partial charge in [0, 0.05) is 25.7 Å². The number of nitrogens with zero attached hydrogens (tertiary/aromatic N) is 2. The van der Waals surface area contributed by atoms with Crippen LogP contribution in [0, 0.1) is 5.92 Å². The van der Waals surface area contributed by atoms with E-state index in [1.807, 2.05) is 0 Å². The SMILES string of the molecule is O=C(C1CC2CCCCC2N1)N1CCC(OCCN2CCCC2)CC1. The zero-order valence-electron chi connectivity index (χ0n) is 15.6. The van der Waals surface area contributed by atoms with E-state index in [-0.39, 0.29) is 6.04 Å².